The van der Waals surface area contributed by atoms with Crippen molar-refractivity contribution in [3.05, 3.63) is 64.1 Å². The van der Waals surface area contributed by atoms with Crippen LogP contribution in [0.3, 0.4) is 0 Å². The molecule has 1 aliphatic heterocycles. The molecule has 2 N–H and O–H groups in total. The van der Waals surface area contributed by atoms with Crippen LogP contribution >= 0.6 is 15.9 Å². The van der Waals surface area contributed by atoms with E-state index in [-0.39, 0.29) is 18.1 Å². The normalized spacial score (nSPS) is 18.0. The van der Waals surface area contributed by atoms with Gasteiger partial charge in [-0.1, -0.05) is 28.1 Å². The van der Waals surface area contributed by atoms with E-state index < -0.39 is 17.7 Å². The van der Waals surface area contributed by atoms with Crippen LogP contribution in [-0.4, -0.2) is 12.5 Å². The summed E-state index contributed by atoms with van der Waals surface area (Å²) in [5.74, 6) is -0.935. The van der Waals surface area contributed by atoms with Gasteiger partial charge in [-0.3, -0.25) is 4.99 Å². The zero-order valence-corrected chi connectivity index (χ0v) is 12.5. The lowest BCUT2D eigenvalue weighted by molar-refractivity contribution is 0.533. The predicted octanol–water partition coefficient (Wildman–Crippen LogP) is 3.60. The Bertz CT molecular complexity index is 698. The fraction of sp³-hybridized carbons (Fsp3) is 0.133. The molecule has 0 spiro atoms. The third kappa shape index (κ3) is 2.51. The molecule has 0 saturated heterocycles. The minimum atomic E-state index is -0.593. The van der Waals surface area contributed by atoms with Gasteiger partial charge < -0.3 is 10.6 Å². The Morgan fingerprint density at radius 1 is 1.14 bits per heavy atom. The standard InChI is InChI=1S/C15H12BrF2N3/c16-9-3-1-4-10(7-9)21-13(8-20-15(21)19)14-11(17)5-2-6-12(14)18/h1-7,13H,8H2,(H2,19,20). The number of anilines is 1. The SMILES string of the molecule is NC1=NCC(c2c(F)cccc2F)N1c1cccc(Br)c1. The fourth-order valence-electron chi connectivity index (χ4n) is 2.49. The first-order valence-corrected chi connectivity index (χ1v) is 7.16. The van der Waals surface area contributed by atoms with E-state index in [4.69, 9.17) is 5.73 Å². The van der Waals surface area contributed by atoms with Crippen LogP contribution < -0.4 is 10.6 Å². The monoisotopic (exact) mass is 351 g/mol. The highest BCUT2D eigenvalue weighted by molar-refractivity contribution is 9.10. The van der Waals surface area contributed by atoms with Crippen LogP contribution in [0.4, 0.5) is 14.5 Å². The van der Waals surface area contributed by atoms with Crippen LogP contribution in [0.1, 0.15) is 11.6 Å². The van der Waals surface area contributed by atoms with E-state index in [0.29, 0.717) is 0 Å². The van der Waals surface area contributed by atoms with Crippen LogP contribution in [0.5, 0.6) is 0 Å². The van der Waals surface area contributed by atoms with Gasteiger partial charge in [-0.2, -0.15) is 0 Å². The number of aliphatic imine (C=N–C) groups is 1. The Balaban J connectivity index is 2.07. The number of halogens is 3. The van der Waals surface area contributed by atoms with Gasteiger partial charge in [-0.25, -0.2) is 8.78 Å². The summed E-state index contributed by atoms with van der Waals surface area (Å²) in [5.41, 5.74) is 6.62. The summed E-state index contributed by atoms with van der Waals surface area (Å²) in [7, 11) is 0. The number of nitrogens with zero attached hydrogens (tertiary/aromatic N) is 2. The average molecular weight is 352 g/mol. The Kier molecular flexibility index (Phi) is 3.63. The third-order valence-corrected chi connectivity index (χ3v) is 3.90. The summed E-state index contributed by atoms with van der Waals surface area (Å²) >= 11 is 3.38. The van der Waals surface area contributed by atoms with Crippen molar-refractivity contribution in [1.29, 1.82) is 0 Å². The lowest BCUT2D eigenvalue weighted by Crippen LogP contribution is -2.36. The van der Waals surface area contributed by atoms with Crippen molar-refractivity contribution >= 4 is 27.6 Å². The number of hydrogen-bond donors (Lipinski definition) is 1. The van der Waals surface area contributed by atoms with Gasteiger partial charge in [0.15, 0.2) is 5.96 Å². The maximum absolute atomic E-state index is 14.0. The van der Waals surface area contributed by atoms with Gasteiger partial charge in [-0.15, -0.1) is 0 Å². The van der Waals surface area contributed by atoms with Gasteiger partial charge in [0.2, 0.25) is 0 Å². The summed E-state index contributed by atoms with van der Waals surface area (Å²) in [6, 6.07) is 10.6. The quantitative estimate of drug-likeness (QED) is 0.897. The smallest absolute Gasteiger partial charge is 0.196 e. The molecule has 0 fully saturated rings. The van der Waals surface area contributed by atoms with Gasteiger partial charge in [0.05, 0.1) is 12.6 Å². The molecule has 1 unspecified atom stereocenters. The highest BCUT2D eigenvalue weighted by Crippen LogP contribution is 2.34. The molecule has 6 heteroatoms. The van der Waals surface area contributed by atoms with Crippen LogP contribution in [-0.2, 0) is 0 Å². The lowest BCUT2D eigenvalue weighted by Gasteiger charge is -2.27. The van der Waals surface area contributed by atoms with Gasteiger partial charge in [0.25, 0.3) is 0 Å². The Morgan fingerprint density at radius 2 is 1.81 bits per heavy atom. The van der Waals surface area contributed by atoms with Gasteiger partial charge >= 0.3 is 0 Å². The van der Waals surface area contributed by atoms with Crippen LogP contribution in [0.2, 0.25) is 0 Å². The van der Waals surface area contributed by atoms with Gasteiger partial charge in [0, 0.05) is 15.7 Å². The van der Waals surface area contributed by atoms with Crippen molar-refractivity contribution in [1.82, 2.24) is 0 Å². The van der Waals surface area contributed by atoms with E-state index in [9.17, 15) is 8.78 Å². The number of nitrogens with two attached hydrogens (primary N) is 1. The first kappa shape index (κ1) is 14.0. The van der Waals surface area contributed by atoms with E-state index in [2.05, 4.69) is 20.9 Å². The second-order valence-electron chi connectivity index (χ2n) is 4.70. The molecule has 0 radical (unpaired) electrons. The predicted molar refractivity (Wildman–Crippen MR) is 82.2 cm³/mol. The first-order valence-electron chi connectivity index (χ1n) is 6.36. The summed E-state index contributed by atoms with van der Waals surface area (Å²) in [4.78, 5) is 5.78. The summed E-state index contributed by atoms with van der Waals surface area (Å²) in [5, 5.41) is 0. The van der Waals surface area contributed by atoms with Crippen molar-refractivity contribution in [2.24, 2.45) is 10.7 Å². The molecule has 1 heterocycles. The molecule has 0 saturated carbocycles. The molecular formula is C15H12BrF2N3. The fourth-order valence-corrected chi connectivity index (χ4v) is 2.87. The second kappa shape index (κ2) is 5.44. The molecule has 1 atom stereocenters. The van der Waals surface area contributed by atoms with Crippen molar-refractivity contribution in [2.45, 2.75) is 6.04 Å². The zero-order chi connectivity index (χ0) is 15.0. The summed E-state index contributed by atoms with van der Waals surface area (Å²) < 4.78 is 28.9. The minimum absolute atomic E-state index is 0.0123. The Morgan fingerprint density at radius 3 is 2.48 bits per heavy atom. The van der Waals surface area contributed by atoms with Crippen LogP contribution in [0.25, 0.3) is 0 Å². The van der Waals surface area contributed by atoms with E-state index in [0.717, 1.165) is 10.2 Å². The van der Waals surface area contributed by atoms with Gasteiger partial charge in [-0.05, 0) is 30.3 Å². The zero-order valence-electron chi connectivity index (χ0n) is 10.9. The third-order valence-electron chi connectivity index (χ3n) is 3.40. The molecule has 0 aromatic heterocycles. The molecular weight excluding hydrogens is 340 g/mol. The molecule has 1 aliphatic rings. The minimum Gasteiger partial charge on any atom is -0.369 e. The second-order valence-corrected chi connectivity index (χ2v) is 5.62. The van der Waals surface area contributed by atoms with E-state index in [1.807, 2.05) is 24.3 Å². The number of hydrogen-bond acceptors (Lipinski definition) is 3. The van der Waals surface area contributed by atoms with Crippen LogP contribution in [0, 0.1) is 11.6 Å². The lowest BCUT2D eigenvalue weighted by atomic mass is 10.0. The first-order chi connectivity index (χ1) is 10.1. The Labute approximate surface area is 129 Å². The molecule has 0 bridgehead atoms. The van der Waals surface area contributed by atoms with Crippen molar-refractivity contribution in [3.8, 4) is 0 Å². The summed E-state index contributed by atoms with van der Waals surface area (Å²) in [6.07, 6.45) is 0. The molecule has 3 nitrogen and oxygen atoms in total. The topological polar surface area (TPSA) is 41.6 Å². The largest absolute Gasteiger partial charge is 0.369 e. The summed E-state index contributed by atoms with van der Waals surface area (Å²) in [6.45, 7) is 0.218. The van der Waals surface area contributed by atoms with Gasteiger partial charge in [0.1, 0.15) is 11.6 Å². The van der Waals surface area contributed by atoms with E-state index in [1.54, 1.807) is 4.90 Å². The number of guanidine groups is 1. The average Bonchev–Trinajstić information content (AvgIpc) is 2.80. The molecule has 108 valence electrons. The molecule has 0 amide bonds. The molecule has 2 aromatic carbocycles. The molecule has 3 rings (SSSR count). The molecule has 0 aliphatic carbocycles. The Hall–Kier alpha value is -1.95. The van der Waals surface area contributed by atoms with Crippen molar-refractivity contribution in [3.63, 3.8) is 0 Å². The van der Waals surface area contributed by atoms with Crippen molar-refractivity contribution < 1.29 is 8.78 Å². The molecule has 21 heavy (non-hydrogen) atoms. The number of rotatable bonds is 2. The highest BCUT2D eigenvalue weighted by Gasteiger charge is 2.32. The number of benzene rings is 2. The highest BCUT2D eigenvalue weighted by atomic mass is 79.9. The van der Waals surface area contributed by atoms with E-state index >= 15 is 0 Å². The maximum atomic E-state index is 14.0. The maximum Gasteiger partial charge on any atom is 0.196 e. The molecule has 2 aromatic rings. The van der Waals surface area contributed by atoms with Crippen molar-refractivity contribution in [2.75, 3.05) is 11.4 Å². The van der Waals surface area contributed by atoms with Crippen LogP contribution in [0.15, 0.2) is 51.9 Å². The van der Waals surface area contributed by atoms with E-state index in [1.165, 1.54) is 18.2 Å².